The molecule has 0 saturated carbocycles. The Labute approximate surface area is 205 Å². The van der Waals surface area contributed by atoms with Crippen LogP contribution >= 0.6 is 7.26 Å². The Morgan fingerprint density at radius 2 is 1.39 bits per heavy atom. The van der Waals surface area contributed by atoms with Gasteiger partial charge in [0.2, 0.25) is 0 Å². The van der Waals surface area contributed by atoms with Crippen LogP contribution in [-0.4, -0.2) is 13.1 Å². The van der Waals surface area contributed by atoms with Gasteiger partial charge in [0.1, 0.15) is 28.7 Å². The van der Waals surface area contributed by atoms with Gasteiger partial charge in [-0.05, 0) is 54.1 Å². The average Bonchev–Trinajstić information content (AvgIpc) is 2.88. The maximum absolute atomic E-state index is 12.8. The number of benzene rings is 4. The number of nitrogens with zero attached hydrogens (tertiary/aromatic N) is 1. The van der Waals surface area contributed by atoms with Crippen molar-refractivity contribution >= 4 is 29.1 Å². The van der Waals surface area contributed by atoms with Gasteiger partial charge in [0.25, 0.3) is 0 Å². The lowest BCUT2D eigenvalue weighted by Gasteiger charge is -2.29. The molecule has 0 aliphatic carbocycles. The Kier molecular flexibility index (Phi) is 8.17. The lowest BCUT2D eigenvalue weighted by Crippen LogP contribution is -3.00. The van der Waals surface area contributed by atoms with Crippen molar-refractivity contribution in [2.75, 3.05) is 7.11 Å². The van der Waals surface area contributed by atoms with Crippen molar-refractivity contribution in [3.05, 3.63) is 126 Å². The molecule has 0 saturated heterocycles. The van der Waals surface area contributed by atoms with E-state index in [0.29, 0.717) is 17.3 Å². The molecule has 0 amide bonds. The highest BCUT2D eigenvalue weighted by Gasteiger charge is 2.47. The lowest BCUT2D eigenvalue weighted by molar-refractivity contribution is -0.0000211. The van der Waals surface area contributed by atoms with Crippen LogP contribution in [0, 0.1) is 11.3 Å². The summed E-state index contributed by atoms with van der Waals surface area (Å²) in [4.78, 5) is 12.8. The highest BCUT2D eigenvalue weighted by Crippen LogP contribution is 2.58. The van der Waals surface area contributed by atoms with Gasteiger partial charge >= 0.3 is 5.97 Å². The number of ether oxygens (including phenoxy) is 1. The second kappa shape index (κ2) is 11.1. The van der Waals surface area contributed by atoms with Crippen LogP contribution in [0.1, 0.15) is 21.5 Å². The van der Waals surface area contributed by atoms with Crippen LogP contribution in [-0.2, 0) is 10.9 Å². The lowest BCUT2D eigenvalue weighted by atomic mass is 10.2. The standard InChI is InChI=1S/C28H23NO2P.BrH/c1-31-28(30)26-17-8-9-18-27(26)32(24-13-4-2-5-14-24,25-15-6-3-7-16-25)21-23-12-10-11-22(19-23)20-29;/h2-19H,21H2,1H3;1H/q+1;/p-1. The molecule has 4 aromatic carbocycles. The number of esters is 1. The van der Waals surface area contributed by atoms with Crippen molar-refractivity contribution < 1.29 is 26.5 Å². The van der Waals surface area contributed by atoms with Gasteiger partial charge in [-0.3, -0.25) is 0 Å². The molecule has 0 aliphatic rings. The molecule has 0 radical (unpaired) electrons. The fraction of sp³-hybridized carbons (Fsp3) is 0.0714. The minimum atomic E-state index is -2.32. The van der Waals surface area contributed by atoms with Crippen molar-refractivity contribution in [1.82, 2.24) is 0 Å². The number of hydrogen-bond acceptors (Lipinski definition) is 3. The summed E-state index contributed by atoms with van der Waals surface area (Å²) in [5, 5.41) is 12.8. The summed E-state index contributed by atoms with van der Waals surface area (Å²) in [7, 11) is -0.903. The third-order valence-electron chi connectivity index (χ3n) is 5.59. The average molecular weight is 516 g/mol. The van der Waals surface area contributed by atoms with Crippen molar-refractivity contribution in [3.63, 3.8) is 0 Å². The summed E-state index contributed by atoms with van der Waals surface area (Å²) in [6, 6.07) is 38.5. The van der Waals surface area contributed by atoms with Gasteiger partial charge in [0, 0.05) is 0 Å². The minimum Gasteiger partial charge on any atom is -1.00 e. The van der Waals surface area contributed by atoms with Crippen LogP contribution in [0.25, 0.3) is 0 Å². The first-order chi connectivity index (χ1) is 15.7. The van der Waals surface area contributed by atoms with Crippen molar-refractivity contribution in [3.8, 4) is 6.07 Å². The zero-order chi connectivity index (χ0) is 22.4. The highest BCUT2D eigenvalue weighted by atomic mass is 79.9. The van der Waals surface area contributed by atoms with Crippen LogP contribution < -0.4 is 32.9 Å². The van der Waals surface area contributed by atoms with Crippen LogP contribution in [0.3, 0.4) is 0 Å². The minimum absolute atomic E-state index is 0. The monoisotopic (exact) mass is 515 g/mol. The maximum Gasteiger partial charge on any atom is 0.341 e. The van der Waals surface area contributed by atoms with Crippen LogP contribution in [0.4, 0.5) is 0 Å². The largest absolute Gasteiger partial charge is 1.00 e. The molecule has 3 nitrogen and oxygen atoms in total. The summed E-state index contributed by atoms with van der Waals surface area (Å²) >= 11 is 0. The summed E-state index contributed by atoms with van der Waals surface area (Å²) in [6.07, 6.45) is 0.685. The molecule has 0 atom stereocenters. The van der Waals surface area contributed by atoms with E-state index in [-0.39, 0.29) is 23.0 Å². The van der Waals surface area contributed by atoms with E-state index in [1.807, 2.05) is 78.9 Å². The molecule has 0 bridgehead atoms. The molecule has 0 heterocycles. The summed E-state index contributed by atoms with van der Waals surface area (Å²) in [5.41, 5.74) is 2.26. The Morgan fingerprint density at radius 3 is 1.97 bits per heavy atom. The van der Waals surface area contributed by atoms with Crippen LogP contribution in [0.15, 0.2) is 109 Å². The van der Waals surface area contributed by atoms with Crippen molar-refractivity contribution in [1.29, 1.82) is 5.26 Å². The molecule has 5 heteroatoms. The van der Waals surface area contributed by atoms with E-state index in [1.165, 1.54) is 17.7 Å². The Morgan fingerprint density at radius 1 is 0.818 bits per heavy atom. The zero-order valence-electron chi connectivity index (χ0n) is 18.2. The van der Waals surface area contributed by atoms with E-state index in [4.69, 9.17) is 4.74 Å². The third kappa shape index (κ3) is 4.91. The Balaban J connectivity index is 0.00000306. The third-order valence-corrected chi connectivity index (χ3v) is 10.0. The van der Waals surface area contributed by atoms with Crippen molar-refractivity contribution in [2.45, 2.75) is 6.16 Å². The van der Waals surface area contributed by atoms with Gasteiger partial charge in [-0.15, -0.1) is 0 Å². The summed E-state index contributed by atoms with van der Waals surface area (Å²) in [5.74, 6) is -0.345. The molecule has 0 fully saturated rings. The second-order valence-corrected chi connectivity index (χ2v) is 10.9. The molecule has 4 aromatic rings. The van der Waals surface area contributed by atoms with E-state index in [1.54, 1.807) is 0 Å². The molecule has 164 valence electrons. The summed E-state index contributed by atoms with van der Waals surface area (Å²) < 4.78 is 5.17. The number of halogens is 1. The molecular weight excluding hydrogens is 493 g/mol. The molecule has 0 N–H and O–H groups in total. The fourth-order valence-electron chi connectivity index (χ4n) is 4.16. The molecule has 0 unspecified atom stereocenters. The molecule has 0 aliphatic heterocycles. The SMILES string of the molecule is COC(=O)c1ccccc1[P+](Cc1cccc(C#N)c1)(c1ccccc1)c1ccccc1.[Br-]. The first-order valence-electron chi connectivity index (χ1n) is 10.4. The Hall–Kier alpha value is -3.25. The molecule has 0 aromatic heterocycles. The number of carbonyl (C=O) groups is 1. The van der Waals surface area contributed by atoms with Gasteiger partial charge in [-0.1, -0.05) is 60.7 Å². The smallest absolute Gasteiger partial charge is 0.341 e. The van der Waals surface area contributed by atoms with Gasteiger partial charge < -0.3 is 21.7 Å². The van der Waals surface area contributed by atoms with Gasteiger partial charge in [0.15, 0.2) is 0 Å². The predicted molar refractivity (Wildman–Crippen MR) is 131 cm³/mol. The normalized spacial score (nSPS) is 10.5. The van der Waals surface area contributed by atoms with E-state index in [9.17, 15) is 10.1 Å². The van der Waals surface area contributed by atoms with Gasteiger partial charge in [-0.2, -0.15) is 5.26 Å². The van der Waals surface area contributed by atoms with E-state index in [0.717, 1.165) is 10.9 Å². The maximum atomic E-state index is 12.8. The second-order valence-electron chi connectivity index (χ2n) is 7.46. The number of hydrogen-bond donors (Lipinski definition) is 0. The topological polar surface area (TPSA) is 50.1 Å². The van der Waals surface area contributed by atoms with E-state index in [2.05, 4.69) is 36.4 Å². The van der Waals surface area contributed by atoms with Crippen LogP contribution in [0.2, 0.25) is 0 Å². The number of rotatable bonds is 6. The zero-order valence-corrected chi connectivity index (χ0v) is 20.7. The van der Waals surface area contributed by atoms with Gasteiger partial charge in [-0.25, -0.2) is 4.79 Å². The first kappa shape index (κ1) is 24.4. The van der Waals surface area contributed by atoms with E-state index < -0.39 is 7.26 Å². The number of methoxy groups -OCH3 is 1. The van der Waals surface area contributed by atoms with E-state index >= 15 is 0 Å². The molecule has 33 heavy (non-hydrogen) atoms. The summed E-state index contributed by atoms with van der Waals surface area (Å²) in [6.45, 7) is 0. The first-order valence-corrected chi connectivity index (χ1v) is 12.3. The highest BCUT2D eigenvalue weighted by molar-refractivity contribution is 7.95. The fourth-order valence-corrected chi connectivity index (χ4v) is 8.58. The predicted octanol–water partition coefficient (Wildman–Crippen LogP) is 1.84. The number of carbonyl (C=O) groups excluding carboxylic acids is 1. The molecule has 4 rings (SSSR count). The molecule has 0 spiro atoms. The van der Waals surface area contributed by atoms with Crippen LogP contribution in [0.5, 0.6) is 0 Å². The molecular formula is C28H23BrNO2P. The Bertz CT molecular complexity index is 1230. The quantitative estimate of drug-likeness (QED) is 0.291. The number of nitriles is 1. The van der Waals surface area contributed by atoms with Crippen molar-refractivity contribution in [2.24, 2.45) is 0 Å². The van der Waals surface area contributed by atoms with Gasteiger partial charge in [0.05, 0.1) is 24.9 Å².